The molecule has 1 aliphatic rings. The van der Waals surface area contributed by atoms with E-state index < -0.39 is 0 Å². The number of guanidine groups is 1. The summed E-state index contributed by atoms with van der Waals surface area (Å²) in [5.41, 5.74) is 0.651. The lowest BCUT2D eigenvalue weighted by Crippen LogP contribution is -2.47. The fourth-order valence-corrected chi connectivity index (χ4v) is 2.97. The van der Waals surface area contributed by atoms with Crippen molar-refractivity contribution >= 4 is 17.6 Å². The first-order valence-corrected chi connectivity index (χ1v) is 9.34. The highest BCUT2D eigenvalue weighted by molar-refractivity contribution is 5.93. The SMILES string of the molecule is CCNC(=NCC(=O)Nc1cccnc1)NC1CCc2nc(COC)nn2C1. The van der Waals surface area contributed by atoms with E-state index in [1.807, 2.05) is 11.6 Å². The number of fused-ring (bicyclic) bond motifs is 1. The lowest BCUT2D eigenvalue weighted by atomic mass is 10.1. The van der Waals surface area contributed by atoms with Crippen molar-refractivity contribution in [2.24, 2.45) is 4.99 Å². The minimum atomic E-state index is -0.198. The number of aliphatic imine (C=N–C) groups is 1. The molecule has 0 saturated heterocycles. The van der Waals surface area contributed by atoms with Crippen LogP contribution >= 0.6 is 0 Å². The summed E-state index contributed by atoms with van der Waals surface area (Å²) in [7, 11) is 1.63. The first-order valence-electron chi connectivity index (χ1n) is 9.34. The van der Waals surface area contributed by atoms with Gasteiger partial charge in [0.05, 0.1) is 18.4 Å². The zero-order chi connectivity index (χ0) is 19.8. The second-order valence-electron chi connectivity index (χ2n) is 6.42. The van der Waals surface area contributed by atoms with E-state index in [0.717, 1.165) is 18.7 Å². The second kappa shape index (κ2) is 9.79. The number of amides is 1. The summed E-state index contributed by atoms with van der Waals surface area (Å²) in [6.45, 7) is 3.81. The van der Waals surface area contributed by atoms with Gasteiger partial charge in [0.1, 0.15) is 19.0 Å². The van der Waals surface area contributed by atoms with E-state index in [9.17, 15) is 4.79 Å². The zero-order valence-corrected chi connectivity index (χ0v) is 16.2. The fraction of sp³-hybridized carbons (Fsp3) is 0.500. The minimum Gasteiger partial charge on any atom is -0.377 e. The highest BCUT2D eigenvalue weighted by atomic mass is 16.5. The number of ether oxygens (including phenoxy) is 1. The Morgan fingerprint density at radius 3 is 3.11 bits per heavy atom. The molecule has 28 heavy (non-hydrogen) atoms. The molecule has 1 amide bonds. The number of anilines is 1. The molecule has 1 atom stereocenters. The van der Waals surface area contributed by atoms with E-state index in [-0.39, 0.29) is 18.5 Å². The molecule has 1 unspecified atom stereocenters. The minimum absolute atomic E-state index is 0.0174. The Hall–Kier alpha value is -3.01. The normalized spacial score (nSPS) is 16.4. The van der Waals surface area contributed by atoms with E-state index >= 15 is 0 Å². The van der Waals surface area contributed by atoms with Crippen molar-refractivity contribution in [3.8, 4) is 0 Å². The third kappa shape index (κ3) is 5.49. The number of nitrogens with one attached hydrogen (secondary N) is 3. The molecule has 0 aromatic carbocycles. The van der Waals surface area contributed by atoms with Crippen molar-refractivity contribution in [3.63, 3.8) is 0 Å². The van der Waals surface area contributed by atoms with Crippen LogP contribution in [0.1, 0.15) is 25.0 Å². The summed E-state index contributed by atoms with van der Waals surface area (Å²) < 4.78 is 7.01. The van der Waals surface area contributed by atoms with Crippen LogP contribution in [0, 0.1) is 0 Å². The van der Waals surface area contributed by atoms with Crippen molar-refractivity contribution in [3.05, 3.63) is 36.2 Å². The number of rotatable bonds is 7. The molecule has 2 aromatic rings. The quantitative estimate of drug-likeness (QED) is 0.463. The predicted molar refractivity (Wildman–Crippen MR) is 105 cm³/mol. The highest BCUT2D eigenvalue weighted by Gasteiger charge is 2.22. The summed E-state index contributed by atoms with van der Waals surface area (Å²) in [6, 6.07) is 3.71. The average molecular weight is 386 g/mol. The average Bonchev–Trinajstić information content (AvgIpc) is 3.09. The molecule has 2 aromatic heterocycles. The molecule has 0 fully saturated rings. The van der Waals surface area contributed by atoms with Gasteiger partial charge < -0.3 is 20.7 Å². The molecule has 0 radical (unpaired) electrons. The topological polar surface area (TPSA) is 118 Å². The van der Waals surface area contributed by atoms with E-state index in [0.29, 0.717) is 37.2 Å². The lowest BCUT2D eigenvalue weighted by molar-refractivity contribution is -0.114. The number of carbonyl (C=O) groups is 1. The Balaban J connectivity index is 1.56. The smallest absolute Gasteiger partial charge is 0.246 e. The van der Waals surface area contributed by atoms with Crippen LogP contribution < -0.4 is 16.0 Å². The molecule has 10 heteroatoms. The van der Waals surface area contributed by atoms with E-state index in [1.165, 1.54) is 0 Å². The van der Waals surface area contributed by atoms with Gasteiger partial charge in [-0.05, 0) is 25.5 Å². The summed E-state index contributed by atoms with van der Waals surface area (Å²) in [6.07, 6.45) is 5.00. The van der Waals surface area contributed by atoms with Crippen LogP contribution in [-0.2, 0) is 29.1 Å². The van der Waals surface area contributed by atoms with Gasteiger partial charge in [-0.1, -0.05) is 0 Å². The molecule has 150 valence electrons. The number of nitrogens with zero attached hydrogens (tertiary/aromatic N) is 5. The Morgan fingerprint density at radius 1 is 1.46 bits per heavy atom. The van der Waals surface area contributed by atoms with Gasteiger partial charge in [-0.3, -0.25) is 9.78 Å². The molecule has 10 nitrogen and oxygen atoms in total. The molecule has 0 saturated carbocycles. The van der Waals surface area contributed by atoms with Crippen LogP contribution in [0.3, 0.4) is 0 Å². The third-order valence-corrected chi connectivity index (χ3v) is 4.19. The summed E-state index contributed by atoms with van der Waals surface area (Å²) in [4.78, 5) is 25.0. The molecule has 0 spiro atoms. The van der Waals surface area contributed by atoms with E-state index in [1.54, 1.807) is 31.6 Å². The van der Waals surface area contributed by atoms with Crippen LogP contribution in [-0.4, -0.2) is 57.9 Å². The standard InChI is InChI=1S/C18H26N8O2/c1-3-20-18(21-10-17(27)22-13-5-4-8-19-9-13)23-14-6-7-16-24-15(12-28-2)25-26(16)11-14/h4-5,8-9,14H,3,6-7,10-12H2,1-2H3,(H,22,27)(H2,20,21,23). The van der Waals surface area contributed by atoms with Crippen molar-refractivity contribution < 1.29 is 9.53 Å². The van der Waals surface area contributed by atoms with Gasteiger partial charge >= 0.3 is 0 Å². The van der Waals surface area contributed by atoms with Gasteiger partial charge in [0.2, 0.25) is 5.91 Å². The van der Waals surface area contributed by atoms with Crippen LogP contribution in [0.25, 0.3) is 0 Å². The molecular formula is C18H26N8O2. The first-order chi connectivity index (χ1) is 13.7. The maximum Gasteiger partial charge on any atom is 0.246 e. The van der Waals surface area contributed by atoms with E-state index in [2.05, 4.69) is 36.0 Å². The van der Waals surface area contributed by atoms with Crippen LogP contribution in [0.15, 0.2) is 29.5 Å². The number of hydrogen-bond donors (Lipinski definition) is 3. The van der Waals surface area contributed by atoms with Crippen LogP contribution in [0.4, 0.5) is 5.69 Å². The molecule has 3 heterocycles. The van der Waals surface area contributed by atoms with Crippen molar-refractivity contribution in [1.29, 1.82) is 0 Å². The second-order valence-corrected chi connectivity index (χ2v) is 6.42. The largest absolute Gasteiger partial charge is 0.377 e. The zero-order valence-electron chi connectivity index (χ0n) is 16.2. The molecular weight excluding hydrogens is 360 g/mol. The summed E-state index contributed by atoms with van der Waals surface area (Å²) in [5, 5.41) is 13.8. The van der Waals surface area contributed by atoms with Gasteiger partial charge in [0.15, 0.2) is 11.8 Å². The van der Waals surface area contributed by atoms with Gasteiger partial charge in [-0.15, -0.1) is 0 Å². The monoisotopic (exact) mass is 386 g/mol. The number of pyridine rings is 1. The fourth-order valence-electron chi connectivity index (χ4n) is 2.97. The predicted octanol–water partition coefficient (Wildman–Crippen LogP) is 0.328. The van der Waals surface area contributed by atoms with Crippen molar-refractivity contribution in [2.75, 3.05) is 25.5 Å². The molecule has 3 N–H and O–H groups in total. The van der Waals surface area contributed by atoms with Gasteiger partial charge in [-0.25, -0.2) is 14.7 Å². The van der Waals surface area contributed by atoms with Crippen molar-refractivity contribution in [2.45, 2.75) is 39.0 Å². The molecule has 0 aliphatic carbocycles. The Bertz CT molecular complexity index is 805. The first kappa shape index (κ1) is 19.7. The Morgan fingerprint density at radius 2 is 2.36 bits per heavy atom. The summed E-state index contributed by atoms with van der Waals surface area (Å²) in [5.74, 6) is 2.08. The number of aryl methyl sites for hydroxylation is 1. The van der Waals surface area contributed by atoms with E-state index in [4.69, 9.17) is 4.74 Å². The molecule has 0 bridgehead atoms. The number of carbonyl (C=O) groups excluding carboxylic acids is 1. The summed E-state index contributed by atoms with van der Waals surface area (Å²) >= 11 is 0. The molecule has 3 rings (SSSR count). The maximum absolute atomic E-state index is 12.1. The van der Waals surface area contributed by atoms with Crippen LogP contribution in [0.2, 0.25) is 0 Å². The van der Waals surface area contributed by atoms with Gasteiger partial charge in [-0.2, -0.15) is 5.10 Å². The number of hydrogen-bond acceptors (Lipinski definition) is 6. The Kier molecular flexibility index (Phi) is 6.90. The lowest BCUT2D eigenvalue weighted by Gasteiger charge is -2.25. The molecule has 1 aliphatic heterocycles. The van der Waals surface area contributed by atoms with Gasteiger partial charge in [0.25, 0.3) is 0 Å². The van der Waals surface area contributed by atoms with Crippen molar-refractivity contribution in [1.82, 2.24) is 30.4 Å². The maximum atomic E-state index is 12.1. The third-order valence-electron chi connectivity index (χ3n) is 4.19. The highest BCUT2D eigenvalue weighted by Crippen LogP contribution is 2.13. The van der Waals surface area contributed by atoms with Gasteiger partial charge in [0, 0.05) is 32.3 Å². The number of aromatic nitrogens is 4. The number of methoxy groups -OCH3 is 1. The Labute approximate surface area is 163 Å². The van der Waals surface area contributed by atoms with Crippen LogP contribution in [0.5, 0.6) is 0 Å².